The van der Waals surface area contributed by atoms with Gasteiger partial charge in [0.25, 0.3) is 0 Å². The summed E-state index contributed by atoms with van der Waals surface area (Å²) in [6.07, 6.45) is 3.06. The maximum atomic E-state index is 11.6. The van der Waals surface area contributed by atoms with Crippen LogP contribution in [0.1, 0.15) is 24.2 Å². The van der Waals surface area contributed by atoms with Gasteiger partial charge in [0, 0.05) is 6.07 Å². The van der Waals surface area contributed by atoms with Crippen molar-refractivity contribution in [3.63, 3.8) is 0 Å². The predicted octanol–water partition coefficient (Wildman–Crippen LogP) is 3.49. The Balaban J connectivity index is 1.68. The fourth-order valence-electron chi connectivity index (χ4n) is 1.95. The molecular weight excluding hydrogens is 268 g/mol. The third-order valence-corrected chi connectivity index (χ3v) is 3.05. The van der Waals surface area contributed by atoms with Crippen molar-refractivity contribution in [2.45, 2.75) is 26.7 Å². The molecule has 0 radical (unpaired) electrons. The van der Waals surface area contributed by atoms with Gasteiger partial charge in [0.05, 0.1) is 19.5 Å². The van der Waals surface area contributed by atoms with Crippen LogP contribution in [0.2, 0.25) is 0 Å². The number of hydrogen-bond donors (Lipinski definition) is 0. The molecule has 0 spiro atoms. The molecule has 0 unspecified atom stereocenters. The van der Waals surface area contributed by atoms with Crippen molar-refractivity contribution in [3.05, 3.63) is 58.1 Å². The standard InChI is InChI=1S/C17H20O4/c1-13-6-5-7-15(12-13)20-9-3-4-10-21-17-14(2)19-11-8-16(17)18/h5-8,11-12H,3-4,9-10H2,1-2H3. The van der Waals surface area contributed by atoms with Gasteiger partial charge in [-0.1, -0.05) is 12.1 Å². The van der Waals surface area contributed by atoms with E-state index in [-0.39, 0.29) is 5.43 Å². The maximum absolute atomic E-state index is 11.6. The van der Waals surface area contributed by atoms with E-state index in [1.807, 2.05) is 31.2 Å². The third kappa shape index (κ3) is 4.67. The van der Waals surface area contributed by atoms with Crippen LogP contribution in [-0.2, 0) is 0 Å². The zero-order chi connectivity index (χ0) is 15.1. The van der Waals surface area contributed by atoms with Crippen LogP contribution in [0, 0.1) is 13.8 Å². The summed E-state index contributed by atoms with van der Waals surface area (Å²) in [5.41, 5.74) is 1.04. The number of hydrogen-bond acceptors (Lipinski definition) is 4. The molecule has 0 fully saturated rings. The SMILES string of the molecule is Cc1cccc(OCCCCOc2c(C)occc2=O)c1. The Morgan fingerprint density at radius 2 is 1.81 bits per heavy atom. The molecule has 0 aliphatic heterocycles. The molecule has 2 rings (SSSR count). The molecule has 0 saturated heterocycles. The summed E-state index contributed by atoms with van der Waals surface area (Å²) in [5.74, 6) is 1.70. The van der Waals surface area contributed by atoms with Crippen molar-refractivity contribution < 1.29 is 13.9 Å². The lowest BCUT2D eigenvalue weighted by Gasteiger charge is -2.08. The van der Waals surface area contributed by atoms with E-state index >= 15 is 0 Å². The van der Waals surface area contributed by atoms with Gasteiger partial charge >= 0.3 is 0 Å². The normalized spacial score (nSPS) is 10.4. The largest absolute Gasteiger partial charge is 0.494 e. The predicted molar refractivity (Wildman–Crippen MR) is 81.1 cm³/mol. The first kappa shape index (κ1) is 15.2. The average molecular weight is 288 g/mol. The lowest BCUT2D eigenvalue weighted by Crippen LogP contribution is -2.10. The summed E-state index contributed by atoms with van der Waals surface area (Å²) in [5, 5.41) is 0. The lowest BCUT2D eigenvalue weighted by molar-refractivity contribution is 0.258. The van der Waals surface area contributed by atoms with Crippen LogP contribution >= 0.6 is 0 Å². The van der Waals surface area contributed by atoms with E-state index in [0.29, 0.717) is 24.7 Å². The van der Waals surface area contributed by atoms with Crippen molar-refractivity contribution in [1.82, 2.24) is 0 Å². The molecule has 112 valence electrons. The summed E-state index contributed by atoms with van der Waals surface area (Å²) < 4.78 is 16.3. The minimum Gasteiger partial charge on any atom is -0.494 e. The quantitative estimate of drug-likeness (QED) is 0.732. The first-order chi connectivity index (χ1) is 10.2. The van der Waals surface area contributed by atoms with Gasteiger partial charge in [-0.05, 0) is 44.4 Å². The molecule has 0 saturated carbocycles. The second-order valence-corrected chi connectivity index (χ2v) is 4.89. The Bertz CT molecular complexity index is 631. The van der Waals surface area contributed by atoms with Crippen molar-refractivity contribution >= 4 is 0 Å². The molecule has 4 nitrogen and oxygen atoms in total. The zero-order valence-corrected chi connectivity index (χ0v) is 12.4. The number of ether oxygens (including phenoxy) is 2. The Morgan fingerprint density at radius 1 is 1.05 bits per heavy atom. The highest BCUT2D eigenvalue weighted by Crippen LogP contribution is 2.13. The van der Waals surface area contributed by atoms with Crippen LogP contribution in [0.5, 0.6) is 11.5 Å². The highest BCUT2D eigenvalue weighted by atomic mass is 16.5. The number of unbranched alkanes of at least 4 members (excludes halogenated alkanes) is 1. The van der Waals surface area contributed by atoms with Gasteiger partial charge in [-0.15, -0.1) is 0 Å². The van der Waals surface area contributed by atoms with Gasteiger partial charge in [-0.2, -0.15) is 0 Å². The molecule has 4 heteroatoms. The molecule has 1 aromatic heterocycles. The van der Waals surface area contributed by atoms with E-state index in [1.165, 1.54) is 17.9 Å². The summed E-state index contributed by atoms with van der Waals surface area (Å²) in [7, 11) is 0. The Morgan fingerprint density at radius 3 is 2.52 bits per heavy atom. The highest BCUT2D eigenvalue weighted by Gasteiger charge is 2.05. The van der Waals surface area contributed by atoms with Crippen molar-refractivity contribution in [2.75, 3.05) is 13.2 Å². The number of aryl methyl sites for hydroxylation is 2. The maximum Gasteiger partial charge on any atom is 0.226 e. The third-order valence-electron chi connectivity index (χ3n) is 3.05. The number of rotatable bonds is 7. The topological polar surface area (TPSA) is 48.7 Å². The molecular formula is C17H20O4. The van der Waals surface area contributed by atoms with E-state index in [4.69, 9.17) is 13.9 Å². The van der Waals surface area contributed by atoms with Crippen molar-refractivity contribution in [1.29, 1.82) is 0 Å². The second kappa shape index (κ2) is 7.53. The molecule has 1 heterocycles. The molecule has 1 aromatic carbocycles. The van der Waals surface area contributed by atoms with Gasteiger partial charge in [0.2, 0.25) is 11.2 Å². The minimum absolute atomic E-state index is 0.144. The molecule has 0 aliphatic rings. The summed E-state index contributed by atoms with van der Waals surface area (Å²) in [6.45, 7) is 4.87. The fourth-order valence-corrected chi connectivity index (χ4v) is 1.95. The van der Waals surface area contributed by atoms with Gasteiger partial charge < -0.3 is 13.9 Å². The van der Waals surface area contributed by atoms with E-state index in [9.17, 15) is 4.79 Å². The van der Waals surface area contributed by atoms with Crippen LogP contribution < -0.4 is 14.9 Å². The van der Waals surface area contributed by atoms with Crippen LogP contribution in [-0.4, -0.2) is 13.2 Å². The van der Waals surface area contributed by atoms with Crippen molar-refractivity contribution in [3.8, 4) is 11.5 Å². The lowest BCUT2D eigenvalue weighted by atomic mass is 10.2. The molecule has 0 atom stereocenters. The first-order valence-electron chi connectivity index (χ1n) is 7.07. The zero-order valence-electron chi connectivity index (χ0n) is 12.4. The molecule has 2 aromatic rings. The van der Waals surface area contributed by atoms with Gasteiger partial charge in [-0.3, -0.25) is 4.79 Å². The monoisotopic (exact) mass is 288 g/mol. The van der Waals surface area contributed by atoms with E-state index in [1.54, 1.807) is 6.92 Å². The van der Waals surface area contributed by atoms with Gasteiger partial charge in [-0.25, -0.2) is 0 Å². The molecule has 0 aliphatic carbocycles. The Kier molecular flexibility index (Phi) is 5.43. The van der Waals surface area contributed by atoms with Crippen LogP contribution in [0.4, 0.5) is 0 Å². The van der Waals surface area contributed by atoms with E-state index in [0.717, 1.165) is 18.6 Å². The van der Waals surface area contributed by atoms with Crippen LogP contribution in [0.3, 0.4) is 0 Å². The number of benzene rings is 1. The van der Waals surface area contributed by atoms with Gasteiger partial charge in [0.1, 0.15) is 11.5 Å². The Labute approximate surface area is 124 Å². The molecule has 0 N–H and O–H groups in total. The first-order valence-corrected chi connectivity index (χ1v) is 7.07. The molecule has 21 heavy (non-hydrogen) atoms. The summed E-state index contributed by atoms with van der Waals surface area (Å²) in [4.78, 5) is 11.6. The Hall–Kier alpha value is -2.23. The van der Waals surface area contributed by atoms with Crippen LogP contribution in [0.15, 0.2) is 45.8 Å². The highest BCUT2D eigenvalue weighted by molar-refractivity contribution is 5.27. The summed E-state index contributed by atoms with van der Waals surface area (Å²) in [6, 6.07) is 9.33. The van der Waals surface area contributed by atoms with Gasteiger partial charge in [0.15, 0.2) is 0 Å². The van der Waals surface area contributed by atoms with Crippen LogP contribution in [0.25, 0.3) is 0 Å². The van der Waals surface area contributed by atoms with Crippen molar-refractivity contribution in [2.24, 2.45) is 0 Å². The smallest absolute Gasteiger partial charge is 0.226 e. The second-order valence-electron chi connectivity index (χ2n) is 4.89. The average Bonchev–Trinajstić information content (AvgIpc) is 2.45. The minimum atomic E-state index is -0.144. The van der Waals surface area contributed by atoms with E-state index in [2.05, 4.69) is 0 Å². The molecule has 0 bridgehead atoms. The summed E-state index contributed by atoms with van der Waals surface area (Å²) >= 11 is 0. The fraction of sp³-hybridized carbons (Fsp3) is 0.353. The van der Waals surface area contributed by atoms with E-state index < -0.39 is 0 Å². The molecule has 0 amide bonds.